The minimum absolute atomic E-state index is 0.0757. The third-order valence-electron chi connectivity index (χ3n) is 4.49. The largest absolute Gasteiger partial charge is 0.497 e. The molecule has 23 heavy (non-hydrogen) atoms. The van der Waals surface area contributed by atoms with Gasteiger partial charge in [-0.15, -0.1) is 0 Å². The summed E-state index contributed by atoms with van der Waals surface area (Å²) in [5.74, 6) is 0.911. The molecule has 128 valence electrons. The van der Waals surface area contributed by atoms with Gasteiger partial charge in [-0.3, -0.25) is 4.90 Å². The van der Waals surface area contributed by atoms with E-state index in [4.69, 9.17) is 4.74 Å². The molecule has 1 atom stereocenters. The van der Waals surface area contributed by atoms with E-state index < -0.39 is 0 Å². The Morgan fingerprint density at radius 2 is 2.04 bits per heavy atom. The van der Waals surface area contributed by atoms with Crippen LogP contribution in [0.3, 0.4) is 0 Å². The van der Waals surface area contributed by atoms with Gasteiger partial charge in [0.05, 0.1) is 7.11 Å². The van der Waals surface area contributed by atoms with E-state index in [0.717, 1.165) is 51.3 Å². The number of piperazine rings is 1. The number of methoxy groups -OCH3 is 1. The summed E-state index contributed by atoms with van der Waals surface area (Å²) in [6.07, 6.45) is 1.97. The molecule has 5 heteroatoms. The number of benzene rings is 1. The standard InChI is InChI=1S/C18H29N3O2/c1-4-15(2)19-18(22)21-12-10-20(11-13-21)9-8-16-6-5-7-17(14-16)23-3/h5-7,14-15H,4,8-13H2,1-3H3,(H,19,22). The van der Waals surface area contributed by atoms with Crippen LogP contribution in [-0.2, 0) is 6.42 Å². The van der Waals surface area contributed by atoms with E-state index in [2.05, 4.69) is 29.3 Å². The van der Waals surface area contributed by atoms with Gasteiger partial charge < -0.3 is 15.0 Å². The van der Waals surface area contributed by atoms with Crippen molar-refractivity contribution in [2.24, 2.45) is 0 Å². The second kappa shape index (κ2) is 8.77. The highest BCUT2D eigenvalue weighted by molar-refractivity contribution is 5.74. The van der Waals surface area contributed by atoms with Gasteiger partial charge in [-0.1, -0.05) is 19.1 Å². The quantitative estimate of drug-likeness (QED) is 0.875. The molecule has 1 N–H and O–H groups in total. The van der Waals surface area contributed by atoms with Crippen LogP contribution in [0.1, 0.15) is 25.8 Å². The predicted molar refractivity (Wildman–Crippen MR) is 93.0 cm³/mol. The van der Waals surface area contributed by atoms with Gasteiger partial charge in [0.15, 0.2) is 0 Å². The van der Waals surface area contributed by atoms with Gasteiger partial charge in [0.25, 0.3) is 0 Å². The summed E-state index contributed by atoms with van der Waals surface area (Å²) in [7, 11) is 1.70. The molecule has 1 saturated heterocycles. The molecule has 1 unspecified atom stereocenters. The summed E-state index contributed by atoms with van der Waals surface area (Å²) >= 11 is 0. The van der Waals surface area contributed by atoms with Crippen molar-refractivity contribution in [3.8, 4) is 5.75 Å². The van der Waals surface area contributed by atoms with Gasteiger partial charge in [0.1, 0.15) is 5.75 Å². The highest BCUT2D eigenvalue weighted by Crippen LogP contribution is 2.13. The first-order valence-corrected chi connectivity index (χ1v) is 8.53. The van der Waals surface area contributed by atoms with Crippen molar-refractivity contribution >= 4 is 6.03 Å². The number of nitrogens with one attached hydrogen (secondary N) is 1. The van der Waals surface area contributed by atoms with Gasteiger partial charge in [-0.2, -0.15) is 0 Å². The van der Waals surface area contributed by atoms with Gasteiger partial charge in [0, 0.05) is 38.8 Å². The molecule has 1 fully saturated rings. The number of carbonyl (C=O) groups is 1. The second-order valence-corrected chi connectivity index (χ2v) is 6.19. The molecule has 0 spiro atoms. The Balaban J connectivity index is 1.73. The topological polar surface area (TPSA) is 44.8 Å². The molecule has 0 radical (unpaired) electrons. The maximum Gasteiger partial charge on any atom is 0.317 e. The third-order valence-corrected chi connectivity index (χ3v) is 4.49. The first-order valence-electron chi connectivity index (χ1n) is 8.53. The molecule has 1 aromatic rings. The smallest absolute Gasteiger partial charge is 0.317 e. The van der Waals surface area contributed by atoms with E-state index in [1.54, 1.807) is 7.11 Å². The summed E-state index contributed by atoms with van der Waals surface area (Å²) in [6, 6.07) is 8.55. The number of rotatable bonds is 6. The van der Waals surface area contributed by atoms with Crippen LogP contribution in [0.2, 0.25) is 0 Å². The molecule has 0 saturated carbocycles. The summed E-state index contributed by atoms with van der Waals surface area (Å²) in [4.78, 5) is 16.5. The van der Waals surface area contributed by atoms with Crippen molar-refractivity contribution in [1.29, 1.82) is 0 Å². The van der Waals surface area contributed by atoms with E-state index in [9.17, 15) is 4.79 Å². The summed E-state index contributed by atoms with van der Waals surface area (Å²) < 4.78 is 5.26. The van der Waals surface area contributed by atoms with Crippen molar-refractivity contribution in [2.75, 3.05) is 39.8 Å². The minimum Gasteiger partial charge on any atom is -0.497 e. The van der Waals surface area contributed by atoms with Crippen LogP contribution in [0.5, 0.6) is 5.75 Å². The monoisotopic (exact) mass is 319 g/mol. The van der Waals surface area contributed by atoms with Crippen LogP contribution in [0.15, 0.2) is 24.3 Å². The average Bonchev–Trinajstić information content (AvgIpc) is 2.60. The normalized spacial score (nSPS) is 16.9. The predicted octanol–water partition coefficient (Wildman–Crippen LogP) is 2.36. The Morgan fingerprint density at radius 1 is 1.30 bits per heavy atom. The number of amides is 2. The Labute approximate surface area is 139 Å². The Morgan fingerprint density at radius 3 is 2.70 bits per heavy atom. The van der Waals surface area contributed by atoms with Crippen LogP contribution in [0.25, 0.3) is 0 Å². The molecule has 1 heterocycles. The van der Waals surface area contributed by atoms with E-state index in [0.29, 0.717) is 0 Å². The van der Waals surface area contributed by atoms with E-state index in [-0.39, 0.29) is 12.1 Å². The Hall–Kier alpha value is -1.75. The van der Waals surface area contributed by atoms with Gasteiger partial charge in [-0.05, 0) is 37.5 Å². The first kappa shape index (κ1) is 17.6. The molecule has 5 nitrogen and oxygen atoms in total. The summed E-state index contributed by atoms with van der Waals surface area (Å²) in [5, 5.41) is 3.04. The summed E-state index contributed by atoms with van der Waals surface area (Å²) in [6.45, 7) is 8.65. The number of hydrogen-bond acceptors (Lipinski definition) is 3. The lowest BCUT2D eigenvalue weighted by atomic mass is 10.1. The van der Waals surface area contributed by atoms with Crippen LogP contribution in [-0.4, -0.2) is 61.7 Å². The zero-order chi connectivity index (χ0) is 16.7. The van der Waals surface area contributed by atoms with Gasteiger partial charge in [0.2, 0.25) is 0 Å². The lowest BCUT2D eigenvalue weighted by Crippen LogP contribution is -2.53. The summed E-state index contributed by atoms with van der Waals surface area (Å²) in [5.41, 5.74) is 1.29. The lowest BCUT2D eigenvalue weighted by Gasteiger charge is -2.35. The van der Waals surface area contributed by atoms with Crippen LogP contribution in [0, 0.1) is 0 Å². The minimum atomic E-state index is 0.0757. The molecule has 0 aliphatic carbocycles. The van der Waals surface area contributed by atoms with E-state index in [1.165, 1.54) is 5.56 Å². The highest BCUT2D eigenvalue weighted by atomic mass is 16.5. The van der Waals surface area contributed by atoms with Gasteiger partial charge >= 0.3 is 6.03 Å². The van der Waals surface area contributed by atoms with Crippen molar-refractivity contribution < 1.29 is 9.53 Å². The molecule has 1 aliphatic rings. The molecule has 0 bridgehead atoms. The molecule has 1 aliphatic heterocycles. The maximum absolute atomic E-state index is 12.1. The molecular formula is C18H29N3O2. The van der Waals surface area contributed by atoms with Crippen molar-refractivity contribution in [2.45, 2.75) is 32.7 Å². The van der Waals surface area contributed by atoms with Gasteiger partial charge in [-0.25, -0.2) is 4.79 Å². The fourth-order valence-corrected chi connectivity index (χ4v) is 2.69. The second-order valence-electron chi connectivity index (χ2n) is 6.19. The molecule has 1 aromatic carbocycles. The number of nitrogens with zero attached hydrogens (tertiary/aromatic N) is 2. The third kappa shape index (κ3) is 5.43. The molecule has 0 aromatic heterocycles. The Kier molecular flexibility index (Phi) is 6.71. The van der Waals surface area contributed by atoms with Crippen molar-refractivity contribution in [3.63, 3.8) is 0 Å². The van der Waals surface area contributed by atoms with Crippen molar-refractivity contribution in [1.82, 2.24) is 15.1 Å². The zero-order valence-corrected chi connectivity index (χ0v) is 14.5. The van der Waals surface area contributed by atoms with E-state index in [1.807, 2.05) is 24.0 Å². The number of hydrogen-bond donors (Lipinski definition) is 1. The SMILES string of the molecule is CCC(C)NC(=O)N1CCN(CCc2cccc(OC)c2)CC1. The fourth-order valence-electron chi connectivity index (χ4n) is 2.69. The van der Waals surface area contributed by atoms with Crippen LogP contribution < -0.4 is 10.1 Å². The maximum atomic E-state index is 12.1. The number of ether oxygens (including phenoxy) is 1. The molecule has 2 amide bonds. The van der Waals surface area contributed by atoms with Crippen LogP contribution >= 0.6 is 0 Å². The van der Waals surface area contributed by atoms with E-state index >= 15 is 0 Å². The average molecular weight is 319 g/mol. The lowest BCUT2D eigenvalue weighted by molar-refractivity contribution is 0.138. The fraction of sp³-hybridized carbons (Fsp3) is 0.611. The highest BCUT2D eigenvalue weighted by Gasteiger charge is 2.21. The van der Waals surface area contributed by atoms with Crippen molar-refractivity contribution in [3.05, 3.63) is 29.8 Å². The number of carbonyl (C=O) groups excluding carboxylic acids is 1. The molecular weight excluding hydrogens is 290 g/mol. The first-order chi connectivity index (χ1) is 11.1. The molecule has 2 rings (SSSR count). The van der Waals surface area contributed by atoms with Crippen LogP contribution in [0.4, 0.5) is 4.79 Å². The number of urea groups is 1. The zero-order valence-electron chi connectivity index (χ0n) is 14.5. The Bertz CT molecular complexity index is 499.